The van der Waals surface area contributed by atoms with Crippen LogP contribution in [0.2, 0.25) is 0 Å². The molecule has 0 spiro atoms. The van der Waals surface area contributed by atoms with Crippen molar-refractivity contribution in [3.63, 3.8) is 0 Å². The summed E-state index contributed by atoms with van der Waals surface area (Å²) in [5.41, 5.74) is 2.12. The average Bonchev–Trinajstić information content (AvgIpc) is 2.94. The Morgan fingerprint density at radius 3 is 2.31 bits per heavy atom. The first-order chi connectivity index (χ1) is 18.4. The molecule has 1 unspecified atom stereocenters. The van der Waals surface area contributed by atoms with Gasteiger partial charge in [0.2, 0.25) is 0 Å². The predicted molar refractivity (Wildman–Crippen MR) is 161 cm³/mol. The van der Waals surface area contributed by atoms with Crippen molar-refractivity contribution in [1.29, 1.82) is 0 Å². The Hall–Kier alpha value is -2.74. The number of nitrogens with zero attached hydrogens (tertiary/aromatic N) is 1. The van der Waals surface area contributed by atoms with Crippen molar-refractivity contribution in [2.75, 3.05) is 39.6 Å². The number of halogens is 1. The van der Waals surface area contributed by atoms with Crippen LogP contribution in [0.25, 0.3) is 16.3 Å². The lowest BCUT2D eigenvalue weighted by Gasteiger charge is -2.26. The molecule has 1 heterocycles. The molecule has 1 aliphatic carbocycles. The first-order valence-corrected chi connectivity index (χ1v) is 15.5. The van der Waals surface area contributed by atoms with E-state index in [-0.39, 0.29) is 17.7 Å². The van der Waals surface area contributed by atoms with E-state index in [4.69, 9.17) is 14.2 Å². The standard InChI is InChI=1S/C31H37NO5S.ClH/c1-35-27-13-17-30-24(22-27)8-16-29(23-6-14-28(15-7-23)38(2,33)34)31(30)37-26-11-9-25(10-12-26)36-21-20-32-18-4-3-5-19-32;/h6,8-13,16-17,22,28H,3-5,7,14-15,18-21H2,1-2H3;1H. The fourth-order valence-corrected chi connectivity index (χ4v) is 6.40. The van der Waals surface area contributed by atoms with Crippen molar-refractivity contribution in [2.45, 2.75) is 43.8 Å². The molecule has 0 radical (unpaired) electrons. The quantitative estimate of drug-likeness (QED) is 0.278. The number of fused-ring (bicyclic) bond motifs is 1. The van der Waals surface area contributed by atoms with Crippen LogP contribution in [0.5, 0.6) is 23.0 Å². The number of rotatable bonds is 9. The molecule has 2 aliphatic rings. The molecule has 3 aromatic carbocycles. The van der Waals surface area contributed by atoms with E-state index in [0.717, 1.165) is 51.5 Å². The second kappa shape index (κ2) is 13.1. The Labute approximate surface area is 238 Å². The van der Waals surface area contributed by atoms with Crippen molar-refractivity contribution in [2.24, 2.45) is 0 Å². The van der Waals surface area contributed by atoms with Crippen LogP contribution in [-0.2, 0) is 9.84 Å². The Morgan fingerprint density at radius 2 is 1.64 bits per heavy atom. The molecule has 5 rings (SSSR count). The highest BCUT2D eigenvalue weighted by Crippen LogP contribution is 2.42. The molecule has 0 saturated carbocycles. The summed E-state index contributed by atoms with van der Waals surface area (Å²) in [5.74, 6) is 3.12. The van der Waals surface area contributed by atoms with Gasteiger partial charge in [-0.2, -0.15) is 0 Å². The largest absolute Gasteiger partial charge is 0.497 e. The maximum Gasteiger partial charge on any atom is 0.150 e. The van der Waals surface area contributed by atoms with Crippen LogP contribution in [-0.4, -0.2) is 58.2 Å². The minimum atomic E-state index is -3.05. The van der Waals surface area contributed by atoms with Gasteiger partial charge >= 0.3 is 0 Å². The highest BCUT2D eigenvalue weighted by molar-refractivity contribution is 7.91. The third-order valence-electron chi connectivity index (χ3n) is 7.66. The number of likely N-dealkylation sites (tertiary alicyclic amines) is 1. The van der Waals surface area contributed by atoms with E-state index >= 15 is 0 Å². The molecule has 0 aromatic heterocycles. The van der Waals surface area contributed by atoms with E-state index in [9.17, 15) is 8.42 Å². The predicted octanol–water partition coefficient (Wildman–Crippen LogP) is 6.91. The SMILES string of the molecule is COc1ccc2c(Oc3ccc(OCCN4CCCCC4)cc3)c(C3=CCC(S(C)(=O)=O)CC3)ccc2c1.Cl. The van der Waals surface area contributed by atoms with Gasteiger partial charge < -0.3 is 14.2 Å². The molecule has 6 nitrogen and oxygen atoms in total. The fourth-order valence-electron chi connectivity index (χ4n) is 5.41. The third kappa shape index (κ3) is 7.27. The highest BCUT2D eigenvalue weighted by atomic mass is 35.5. The normalized spacial score (nSPS) is 18.2. The maximum atomic E-state index is 12.1. The number of hydrogen-bond acceptors (Lipinski definition) is 6. The Balaban J connectivity index is 0.00000353. The van der Waals surface area contributed by atoms with Gasteiger partial charge in [0, 0.05) is 23.8 Å². The summed E-state index contributed by atoms with van der Waals surface area (Å²) < 4.78 is 42.1. The van der Waals surface area contributed by atoms with Crippen LogP contribution in [0.1, 0.15) is 44.1 Å². The summed E-state index contributed by atoms with van der Waals surface area (Å²) in [4.78, 5) is 2.47. The van der Waals surface area contributed by atoms with Gasteiger partial charge in [-0.05, 0) is 98.6 Å². The van der Waals surface area contributed by atoms with E-state index in [1.54, 1.807) is 7.11 Å². The lowest BCUT2D eigenvalue weighted by molar-refractivity contribution is 0.183. The van der Waals surface area contributed by atoms with Crippen LogP contribution in [0.15, 0.2) is 60.7 Å². The molecular weight excluding hydrogens is 534 g/mol. The van der Waals surface area contributed by atoms with Crippen molar-refractivity contribution in [3.8, 4) is 23.0 Å². The van der Waals surface area contributed by atoms with Crippen LogP contribution in [0, 0.1) is 0 Å². The second-order valence-corrected chi connectivity index (χ2v) is 12.6. The summed E-state index contributed by atoms with van der Waals surface area (Å²) in [6.45, 7) is 3.97. The minimum Gasteiger partial charge on any atom is -0.497 e. The van der Waals surface area contributed by atoms with Gasteiger partial charge in [0.25, 0.3) is 0 Å². The zero-order chi connectivity index (χ0) is 26.5. The number of ether oxygens (including phenoxy) is 3. The number of piperidine rings is 1. The Kier molecular flexibility index (Phi) is 9.81. The smallest absolute Gasteiger partial charge is 0.150 e. The van der Waals surface area contributed by atoms with Crippen molar-refractivity contribution >= 4 is 38.6 Å². The van der Waals surface area contributed by atoms with Crippen LogP contribution in [0.4, 0.5) is 0 Å². The molecule has 1 saturated heterocycles. The molecule has 39 heavy (non-hydrogen) atoms. The topological polar surface area (TPSA) is 65.1 Å². The van der Waals surface area contributed by atoms with E-state index in [1.165, 1.54) is 38.6 Å². The average molecular weight is 572 g/mol. The van der Waals surface area contributed by atoms with E-state index < -0.39 is 9.84 Å². The van der Waals surface area contributed by atoms with Crippen LogP contribution in [0.3, 0.4) is 0 Å². The third-order valence-corrected chi connectivity index (χ3v) is 9.30. The van der Waals surface area contributed by atoms with E-state index in [2.05, 4.69) is 23.1 Å². The number of hydrogen-bond donors (Lipinski definition) is 0. The fraction of sp³-hybridized carbons (Fsp3) is 0.419. The van der Waals surface area contributed by atoms with Crippen molar-refractivity contribution < 1.29 is 22.6 Å². The lowest BCUT2D eigenvalue weighted by atomic mass is 9.91. The molecule has 8 heteroatoms. The lowest BCUT2D eigenvalue weighted by Crippen LogP contribution is -2.33. The summed E-state index contributed by atoms with van der Waals surface area (Å²) >= 11 is 0. The highest BCUT2D eigenvalue weighted by Gasteiger charge is 2.25. The van der Waals surface area contributed by atoms with E-state index in [0.29, 0.717) is 25.9 Å². The molecule has 0 N–H and O–H groups in total. The molecule has 1 aliphatic heterocycles. The van der Waals surface area contributed by atoms with Gasteiger partial charge in [-0.15, -0.1) is 12.4 Å². The van der Waals surface area contributed by atoms with Gasteiger partial charge in [-0.3, -0.25) is 4.90 Å². The second-order valence-electron chi connectivity index (χ2n) is 10.3. The van der Waals surface area contributed by atoms with Crippen molar-refractivity contribution in [1.82, 2.24) is 4.90 Å². The summed E-state index contributed by atoms with van der Waals surface area (Å²) in [6.07, 6.45) is 9.13. The van der Waals surface area contributed by atoms with Crippen LogP contribution < -0.4 is 14.2 Å². The number of allylic oxidation sites excluding steroid dienone is 2. The van der Waals surface area contributed by atoms with Gasteiger partial charge in [0.05, 0.1) is 12.4 Å². The van der Waals surface area contributed by atoms with Crippen molar-refractivity contribution in [3.05, 3.63) is 66.2 Å². The summed E-state index contributed by atoms with van der Waals surface area (Å²) in [6, 6.07) is 17.9. The number of sulfone groups is 1. The zero-order valence-electron chi connectivity index (χ0n) is 22.7. The summed E-state index contributed by atoms with van der Waals surface area (Å²) in [7, 11) is -1.39. The monoisotopic (exact) mass is 571 g/mol. The first kappa shape index (κ1) is 29.2. The molecule has 0 bridgehead atoms. The molecule has 3 aromatic rings. The Morgan fingerprint density at radius 1 is 0.923 bits per heavy atom. The Bertz CT molecular complexity index is 1400. The number of benzene rings is 3. The number of methoxy groups -OCH3 is 1. The maximum absolute atomic E-state index is 12.1. The molecule has 210 valence electrons. The van der Waals surface area contributed by atoms with Gasteiger partial charge in [0.1, 0.15) is 29.6 Å². The summed E-state index contributed by atoms with van der Waals surface area (Å²) in [5, 5.41) is 1.69. The molecule has 1 fully saturated rings. The molecule has 0 amide bonds. The molecule has 1 atom stereocenters. The van der Waals surface area contributed by atoms with Gasteiger partial charge in [-0.25, -0.2) is 8.42 Å². The van der Waals surface area contributed by atoms with Gasteiger partial charge in [0.15, 0.2) is 9.84 Å². The van der Waals surface area contributed by atoms with Crippen LogP contribution >= 0.6 is 12.4 Å². The zero-order valence-corrected chi connectivity index (χ0v) is 24.4. The first-order valence-electron chi connectivity index (χ1n) is 13.5. The van der Waals surface area contributed by atoms with E-state index in [1.807, 2.05) is 42.5 Å². The minimum absolute atomic E-state index is 0. The molecular formula is C31H38ClNO5S. The van der Waals surface area contributed by atoms with Gasteiger partial charge in [-0.1, -0.05) is 24.6 Å².